The van der Waals surface area contributed by atoms with E-state index in [9.17, 15) is 0 Å². The van der Waals surface area contributed by atoms with Crippen molar-refractivity contribution >= 4 is 0 Å². The lowest BCUT2D eigenvalue weighted by atomic mass is 9.96. The van der Waals surface area contributed by atoms with Crippen LogP contribution in [0.4, 0.5) is 0 Å². The molecule has 0 amide bonds. The van der Waals surface area contributed by atoms with Crippen LogP contribution in [0.15, 0.2) is 0 Å². The van der Waals surface area contributed by atoms with Crippen molar-refractivity contribution in [3.63, 3.8) is 0 Å². The van der Waals surface area contributed by atoms with Crippen molar-refractivity contribution in [3.05, 3.63) is 5.92 Å². The number of hydrogen-bond donors (Lipinski definition) is 1. The zero-order valence-corrected chi connectivity index (χ0v) is 5.06. The Morgan fingerprint density at radius 1 is 1.50 bits per heavy atom. The van der Waals surface area contributed by atoms with Crippen LogP contribution in [0.25, 0.3) is 0 Å². The normalized spacial score (nSPS) is 46.1. The third kappa shape index (κ3) is 0.510. The molecule has 8 heavy (non-hydrogen) atoms. The van der Waals surface area contributed by atoms with Crippen LogP contribution in [0, 0.1) is 11.8 Å². The monoisotopic (exact) mass is 110 g/mol. The Kier molecular flexibility index (Phi) is 0.884. The van der Waals surface area contributed by atoms with Gasteiger partial charge in [-0.25, -0.2) is 0 Å². The molecule has 0 saturated heterocycles. The molecular formula is C7H12N. The zero-order chi connectivity index (χ0) is 5.56. The van der Waals surface area contributed by atoms with Gasteiger partial charge < -0.3 is 5.73 Å². The minimum Gasteiger partial charge on any atom is -0.327 e. The van der Waals surface area contributed by atoms with Gasteiger partial charge in [0, 0.05) is 6.04 Å². The Labute approximate surface area is 50.3 Å². The quantitative estimate of drug-likeness (QED) is 0.496. The van der Waals surface area contributed by atoms with Crippen molar-refractivity contribution in [1.82, 2.24) is 0 Å². The van der Waals surface area contributed by atoms with Gasteiger partial charge in [-0.2, -0.15) is 0 Å². The van der Waals surface area contributed by atoms with E-state index in [1.165, 1.54) is 25.7 Å². The smallest absolute Gasteiger partial charge is 0.0104 e. The van der Waals surface area contributed by atoms with Gasteiger partial charge in [-0.1, -0.05) is 0 Å². The summed E-state index contributed by atoms with van der Waals surface area (Å²) in [6, 6.07) is 0.494. The van der Waals surface area contributed by atoms with Crippen LogP contribution in [-0.2, 0) is 0 Å². The van der Waals surface area contributed by atoms with Crippen LogP contribution >= 0.6 is 0 Å². The fraction of sp³-hybridized carbons (Fsp3) is 0.857. The van der Waals surface area contributed by atoms with Crippen molar-refractivity contribution in [1.29, 1.82) is 0 Å². The Morgan fingerprint density at radius 3 is 2.62 bits per heavy atom. The molecule has 1 nitrogen and oxygen atoms in total. The summed E-state index contributed by atoms with van der Waals surface area (Å²) < 4.78 is 0. The molecule has 2 aliphatic rings. The zero-order valence-electron chi connectivity index (χ0n) is 5.06. The second-order valence-corrected chi connectivity index (χ2v) is 3.11. The largest absolute Gasteiger partial charge is 0.327 e. The van der Waals surface area contributed by atoms with Crippen molar-refractivity contribution in [2.75, 3.05) is 0 Å². The second-order valence-electron chi connectivity index (χ2n) is 3.11. The molecule has 0 spiro atoms. The number of fused-ring (bicyclic) bond motifs is 2. The maximum absolute atomic E-state index is 5.78. The highest BCUT2D eigenvalue weighted by molar-refractivity contribution is 5.12. The molecule has 0 heterocycles. The minimum absolute atomic E-state index is 0.494. The van der Waals surface area contributed by atoms with E-state index in [1.807, 2.05) is 0 Å². The predicted octanol–water partition coefficient (Wildman–Crippen LogP) is 1.09. The van der Waals surface area contributed by atoms with E-state index in [0.717, 1.165) is 5.92 Å². The second kappa shape index (κ2) is 1.47. The van der Waals surface area contributed by atoms with E-state index in [4.69, 9.17) is 5.73 Å². The fourth-order valence-electron chi connectivity index (χ4n) is 2.03. The van der Waals surface area contributed by atoms with Gasteiger partial charge in [-0.05, 0) is 37.5 Å². The van der Waals surface area contributed by atoms with Crippen LogP contribution in [0.2, 0.25) is 0 Å². The van der Waals surface area contributed by atoms with Crippen LogP contribution in [0.1, 0.15) is 25.7 Å². The fourth-order valence-corrected chi connectivity index (χ4v) is 2.03. The number of rotatable bonds is 0. The highest BCUT2D eigenvalue weighted by Gasteiger charge is 2.37. The summed E-state index contributed by atoms with van der Waals surface area (Å²) in [5.41, 5.74) is 5.78. The molecule has 2 fully saturated rings. The third-order valence-electron chi connectivity index (χ3n) is 2.54. The summed E-state index contributed by atoms with van der Waals surface area (Å²) in [6.45, 7) is 0. The molecule has 2 N–H and O–H groups in total. The van der Waals surface area contributed by atoms with Crippen molar-refractivity contribution in [2.45, 2.75) is 31.7 Å². The van der Waals surface area contributed by atoms with Crippen LogP contribution < -0.4 is 5.73 Å². The first-order valence-electron chi connectivity index (χ1n) is 3.46. The molecule has 0 aliphatic heterocycles. The average molecular weight is 110 g/mol. The standard InChI is InChI=1S/C7H12N/c8-7-4-5-1-2-6(7)3-5/h5,7H,1-4,8H2. The third-order valence-corrected chi connectivity index (χ3v) is 2.54. The van der Waals surface area contributed by atoms with Gasteiger partial charge in [0.05, 0.1) is 0 Å². The van der Waals surface area contributed by atoms with Gasteiger partial charge in [0.15, 0.2) is 0 Å². The van der Waals surface area contributed by atoms with Gasteiger partial charge in [-0.3, -0.25) is 0 Å². The molecule has 2 bridgehead atoms. The number of hydrogen-bond acceptors (Lipinski definition) is 1. The summed E-state index contributed by atoms with van der Waals surface area (Å²) >= 11 is 0. The molecule has 2 rings (SSSR count). The first-order valence-corrected chi connectivity index (χ1v) is 3.46. The van der Waals surface area contributed by atoms with E-state index in [1.54, 1.807) is 5.92 Å². The lowest BCUT2D eigenvalue weighted by Crippen LogP contribution is -2.24. The topological polar surface area (TPSA) is 26.0 Å². The summed E-state index contributed by atoms with van der Waals surface area (Å²) in [7, 11) is 0. The van der Waals surface area contributed by atoms with Gasteiger partial charge in [0.25, 0.3) is 0 Å². The Balaban J connectivity index is 2.11. The van der Waals surface area contributed by atoms with Gasteiger partial charge in [0.2, 0.25) is 0 Å². The van der Waals surface area contributed by atoms with Crippen molar-refractivity contribution in [3.8, 4) is 0 Å². The highest BCUT2D eigenvalue weighted by Crippen LogP contribution is 2.44. The molecule has 2 unspecified atom stereocenters. The van der Waals surface area contributed by atoms with Crippen LogP contribution in [0.5, 0.6) is 0 Å². The van der Waals surface area contributed by atoms with Crippen molar-refractivity contribution < 1.29 is 0 Å². The number of nitrogens with two attached hydrogens (primary N) is 1. The van der Waals surface area contributed by atoms with E-state index in [-0.39, 0.29) is 0 Å². The molecule has 2 atom stereocenters. The van der Waals surface area contributed by atoms with E-state index < -0.39 is 0 Å². The Hall–Kier alpha value is -0.0400. The van der Waals surface area contributed by atoms with E-state index in [0.29, 0.717) is 6.04 Å². The van der Waals surface area contributed by atoms with Crippen LogP contribution in [0.3, 0.4) is 0 Å². The highest BCUT2D eigenvalue weighted by atomic mass is 14.7. The van der Waals surface area contributed by atoms with Gasteiger partial charge in [0.1, 0.15) is 0 Å². The Bertz CT molecular complexity index is 98.6. The summed E-state index contributed by atoms with van der Waals surface area (Å²) in [5.74, 6) is 2.63. The van der Waals surface area contributed by atoms with E-state index >= 15 is 0 Å². The van der Waals surface area contributed by atoms with Crippen molar-refractivity contribution in [2.24, 2.45) is 11.7 Å². The lowest BCUT2D eigenvalue weighted by molar-refractivity contribution is 0.490. The van der Waals surface area contributed by atoms with Crippen LogP contribution in [-0.4, -0.2) is 6.04 Å². The van der Waals surface area contributed by atoms with E-state index in [2.05, 4.69) is 0 Å². The van der Waals surface area contributed by atoms with Gasteiger partial charge >= 0.3 is 0 Å². The molecule has 0 aromatic rings. The van der Waals surface area contributed by atoms with Gasteiger partial charge in [-0.15, -0.1) is 0 Å². The summed E-state index contributed by atoms with van der Waals surface area (Å²) in [4.78, 5) is 0. The first kappa shape index (κ1) is 4.80. The first-order chi connectivity index (χ1) is 3.86. The molecule has 2 saturated carbocycles. The summed E-state index contributed by atoms with van der Waals surface area (Å²) in [5, 5.41) is 0. The maximum atomic E-state index is 5.78. The molecule has 0 aromatic heterocycles. The predicted molar refractivity (Wildman–Crippen MR) is 33.2 cm³/mol. The Morgan fingerprint density at radius 2 is 2.38 bits per heavy atom. The molecule has 1 radical (unpaired) electrons. The molecule has 0 aromatic carbocycles. The molecular weight excluding hydrogens is 98.1 g/mol. The SMILES string of the molecule is NC1CC2CC[C]1C2. The molecule has 1 heteroatoms. The maximum Gasteiger partial charge on any atom is 0.0104 e. The minimum atomic E-state index is 0.494. The summed E-state index contributed by atoms with van der Waals surface area (Å²) in [6.07, 6.45) is 5.42. The molecule has 45 valence electrons. The average Bonchev–Trinajstić information content (AvgIpc) is 2.23. The lowest BCUT2D eigenvalue weighted by Gasteiger charge is -2.14. The molecule has 2 aliphatic carbocycles.